The van der Waals surface area contributed by atoms with Crippen LogP contribution in [0.4, 0.5) is 5.69 Å². The minimum atomic E-state index is -0.101. The van der Waals surface area contributed by atoms with Crippen molar-refractivity contribution >= 4 is 17.2 Å². The second-order valence-electron chi connectivity index (χ2n) is 5.99. The molecule has 0 bridgehead atoms. The van der Waals surface area contributed by atoms with Crippen molar-refractivity contribution in [3.63, 3.8) is 0 Å². The van der Waals surface area contributed by atoms with E-state index in [1.54, 1.807) is 6.20 Å². The van der Waals surface area contributed by atoms with E-state index in [-0.39, 0.29) is 17.9 Å². The molecule has 1 aromatic heterocycles. The summed E-state index contributed by atoms with van der Waals surface area (Å²) in [5, 5.41) is 10.2. The Hall–Kier alpha value is -2.14. The third-order valence-electron chi connectivity index (χ3n) is 4.34. The van der Waals surface area contributed by atoms with Crippen molar-refractivity contribution < 1.29 is 9.53 Å². The third-order valence-corrected chi connectivity index (χ3v) is 4.34. The number of aromatic nitrogens is 2. The highest BCUT2D eigenvalue weighted by atomic mass is 16.5. The van der Waals surface area contributed by atoms with Crippen molar-refractivity contribution in [1.29, 1.82) is 0 Å². The van der Waals surface area contributed by atoms with Gasteiger partial charge < -0.3 is 10.1 Å². The Morgan fingerprint density at radius 1 is 1.39 bits per heavy atom. The summed E-state index contributed by atoms with van der Waals surface area (Å²) in [4.78, 5) is 12.6. The summed E-state index contributed by atoms with van der Waals surface area (Å²) in [6.07, 6.45) is 15.8. The number of carbonyl (C=O) groups is 1. The largest absolute Gasteiger partial charge is 0.378 e. The zero-order chi connectivity index (χ0) is 16.1. The van der Waals surface area contributed by atoms with Gasteiger partial charge in [-0.2, -0.15) is 5.10 Å². The molecule has 1 unspecified atom stereocenters. The molecule has 1 aliphatic carbocycles. The van der Waals surface area contributed by atoms with Gasteiger partial charge in [0.05, 0.1) is 17.7 Å². The summed E-state index contributed by atoms with van der Waals surface area (Å²) in [5.74, 6) is -0.0912. The minimum absolute atomic E-state index is 0.00942. The van der Waals surface area contributed by atoms with Gasteiger partial charge in [0.15, 0.2) is 0 Å². The van der Waals surface area contributed by atoms with Crippen molar-refractivity contribution in [2.75, 3.05) is 11.9 Å². The highest BCUT2D eigenvalue weighted by molar-refractivity contribution is 5.96. The summed E-state index contributed by atoms with van der Waals surface area (Å²) in [6, 6.07) is 0. The van der Waals surface area contributed by atoms with Gasteiger partial charge in [-0.25, -0.2) is 0 Å². The number of hydrogen-bond acceptors (Lipinski definition) is 3. The zero-order valence-electron chi connectivity index (χ0n) is 13.4. The van der Waals surface area contributed by atoms with Crippen LogP contribution < -0.4 is 5.32 Å². The van der Waals surface area contributed by atoms with E-state index < -0.39 is 0 Å². The van der Waals surface area contributed by atoms with E-state index in [4.69, 9.17) is 4.74 Å². The van der Waals surface area contributed by atoms with Gasteiger partial charge in [-0.1, -0.05) is 30.4 Å². The molecule has 2 heterocycles. The van der Waals surface area contributed by atoms with Crippen LogP contribution in [0.1, 0.15) is 38.3 Å². The van der Waals surface area contributed by atoms with Crippen LogP contribution >= 0.6 is 0 Å². The van der Waals surface area contributed by atoms with E-state index >= 15 is 0 Å². The van der Waals surface area contributed by atoms with Crippen LogP contribution in [0.5, 0.6) is 0 Å². The molecule has 0 aromatic carbocycles. The van der Waals surface area contributed by atoms with Crippen LogP contribution in [0.3, 0.4) is 0 Å². The Labute approximate surface area is 136 Å². The normalized spacial score (nSPS) is 29.7. The average Bonchev–Trinajstić information content (AvgIpc) is 2.95. The molecule has 3 rings (SSSR count). The molecule has 1 fully saturated rings. The lowest BCUT2D eigenvalue weighted by Gasteiger charge is -2.27. The Morgan fingerprint density at radius 2 is 2.30 bits per heavy atom. The lowest BCUT2D eigenvalue weighted by atomic mass is 9.94. The number of nitrogens with zero attached hydrogens (tertiary/aromatic N) is 1. The minimum Gasteiger partial charge on any atom is -0.378 e. The number of anilines is 1. The summed E-state index contributed by atoms with van der Waals surface area (Å²) < 4.78 is 5.59. The molecule has 5 heteroatoms. The fourth-order valence-electron chi connectivity index (χ4n) is 3.01. The van der Waals surface area contributed by atoms with Gasteiger partial charge in [-0.15, -0.1) is 0 Å². The summed E-state index contributed by atoms with van der Waals surface area (Å²) >= 11 is 0. The number of allylic oxidation sites excluding steroid dienone is 6. The highest BCUT2D eigenvalue weighted by Gasteiger charge is 2.29. The number of H-pyrrole nitrogens is 1. The van der Waals surface area contributed by atoms with Gasteiger partial charge in [0.1, 0.15) is 5.69 Å². The van der Waals surface area contributed by atoms with E-state index in [2.05, 4.69) is 27.7 Å². The molecule has 1 amide bonds. The van der Waals surface area contributed by atoms with Crippen LogP contribution in [0, 0.1) is 5.92 Å². The van der Waals surface area contributed by atoms with Crippen molar-refractivity contribution in [3.8, 4) is 0 Å². The van der Waals surface area contributed by atoms with Gasteiger partial charge in [-0.05, 0) is 32.6 Å². The first-order chi connectivity index (χ1) is 11.3. The van der Waals surface area contributed by atoms with E-state index in [9.17, 15) is 4.79 Å². The maximum absolute atomic E-state index is 12.6. The first kappa shape index (κ1) is 15.7. The standard InChI is InChI=1S/C18H23N3O2/c1-13-15(10-7-11-23-13)18(22)20-16-12-19-21-17(16)14-8-5-3-2-4-6-9-14/h2-3,5,8-9,12-13,15H,4,6-7,10-11H2,1H3,(H,19,21)(H,20,22)/b3-2+,8-5-,14-9-/t13-,15?/m0/s1. The number of aromatic amines is 1. The highest BCUT2D eigenvalue weighted by Crippen LogP contribution is 2.27. The summed E-state index contributed by atoms with van der Waals surface area (Å²) in [7, 11) is 0. The molecule has 2 atom stereocenters. The molecule has 122 valence electrons. The maximum Gasteiger partial charge on any atom is 0.230 e. The summed E-state index contributed by atoms with van der Waals surface area (Å²) in [5.41, 5.74) is 2.54. The smallest absolute Gasteiger partial charge is 0.230 e. The fourth-order valence-corrected chi connectivity index (χ4v) is 3.01. The van der Waals surface area contributed by atoms with Gasteiger partial charge in [-0.3, -0.25) is 9.89 Å². The number of rotatable bonds is 3. The first-order valence-corrected chi connectivity index (χ1v) is 8.25. The molecule has 1 aromatic rings. The van der Waals surface area contributed by atoms with Crippen LogP contribution in [0.15, 0.2) is 36.6 Å². The van der Waals surface area contributed by atoms with E-state index in [0.29, 0.717) is 0 Å². The zero-order valence-corrected chi connectivity index (χ0v) is 13.4. The van der Waals surface area contributed by atoms with Gasteiger partial charge in [0.2, 0.25) is 5.91 Å². The number of nitrogens with one attached hydrogen (secondary N) is 2. The van der Waals surface area contributed by atoms with Crippen LogP contribution in [-0.4, -0.2) is 28.8 Å². The van der Waals surface area contributed by atoms with E-state index in [1.807, 2.05) is 25.2 Å². The topological polar surface area (TPSA) is 67.0 Å². The number of carbonyl (C=O) groups excluding carboxylic acids is 1. The van der Waals surface area contributed by atoms with E-state index in [1.165, 1.54) is 0 Å². The summed E-state index contributed by atoms with van der Waals surface area (Å²) in [6.45, 7) is 2.71. The van der Waals surface area contributed by atoms with E-state index in [0.717, 1.165) is 49.2 Å². The Morgan fingerprint density at radius 3 is 3.17 bits per heavy atom. The second kappa shape index (κ2) is 7.42. The fraction of sp³-hybridized carbons (Fsp3) is 0.444. The van der Waals surface area contributed by atoms with Gasteiger partial charge in [0.25, 0.3) is 0 Å². The molecule has 23 heavy (non-hydrogen) atoms. The third kappa shape index (κ3) is 3.79. The maximum atomic E-state index is 12.6. The monoisotopic (exact) mass is 313 g/mol. The molecule has 0 spiro atoms. The SMILES string of the molecule is C[C@@H]1OCCCC1C(=O)Nc1c[nH]nc1C1=C\CC/C=C/C=C\1. The molecular weight excluding hydrogens is 290 g/mol. The average molecular weight is 313 g/mol. The molecule has 2 N–H and O–H groups in total. The molecule has 0 radical (unpaired) electrons. The van der Waals surface area contributed by atoms with Crippen molar-refractivity contribution in [2.24, 2.45) is 5.92 Å². The molecule has 1 saturated heterocycles. The number of amides is 1. The van der Waals surface area contributed by atoms with Gasteiger partial charge in [0, 0.05) is 18.4 Å². The van der Waals surface area contributed by atoms with Crippen LogP contribution in [-0.2, 0) is 9.53 Å². The Bertz CT molecular complexity index is 642. The molecule has 2 aliphatic rings. The predicted molar refractivity (Wildman–Crippen MR) is 90.8 cm³/mol. The molecule has 5 nitrogen and oxygen atoms in total. The van der Waals surface area contributed by atoms with Crippen molar-refractivity contribution in [3.05, 3.63) is 42.3 Å². The number of ether oxygens (including phenoxy) is 1. The van der Waals surface area contributed by atoms with Crippen LogP contribution in [0.25, 0.3) is 5.57 Å². The quantitative estimate of drug-likeness (QED) is 0.898. The second-order valence-corrected chi connectivity index (χ2v) is 5.99. The predicted octanol–water partition coefficient (Wildman–Crippen LogP) is 3.45. The first-order valence-electron chi connectivity index (χ1n) is 8.25. The van der Waals surface area contributed by atoms with Crippen molar-refractivity contribution in [2.45, 2.75) is 38.7 Å². The Kier molecular flexibility index (Phi) is 5.08. The molecular formula is C18H23N3O2. The molecule has 0 saturated carbocycles. The Balaban J connectivity index is 1.75. The van der Waals surface area contributed by atoms with Crippen LogP contribution in [0.2, 0.25) is 0 Å². The lowest BCUT2D eigenvalue weighted by Crippen LogP contribution is -2.36. The van der Waals surface area contributed by atoms with Gasteiger partial charge >= 0.3 is 0 Å². The van der Waals surface area contributed by atoms with Crippen molar-refractivity contribution in [1.82, 2.24) is 10.2 Å². The number of hydrogen-bond donors (Lipinski definition) is 2. The molecule has 1 aliphatic heterocycles. The lowest BCUT2D eigenvalue weighted by molar-refractivity contribution is -0.127.